The van der Waals surface area contributed by atoms with Crippen molar-refractivity contribution in [1.82, 2.24) is 4.89 Å². The molecular weight excluding hydrogens is 274 g/mol. The summed E-state index contributed by atoms with van der Waals surface area (Å²) in [6, 6.07) is 6.37. The Morgan fingerprint density at radius 2 is 2.06 bits per heavy atom. The Kier molecular flexibility index (Phi) is 5.18. The van der Waals surface area contributed by atoms with Crippen LogP contribution in [0.5, 0.6) is 0 Å². The van der Waals surface area contributed by atoms with Crippen molar-refractivity contribution in [3.05, 3.63) is 24.3 Å². The van der Waals surface area contributed by atoms with Crippen molar-refractivity contribution < 1.29 is 18.0 Å². The van der Waals surface area contributed by atoms with E-state index in [2.05, 4.69) is 4.84 Å². The van der Waals surface area contributed by atoms with Crippen LogP contribution in [0.2, 0.25) is 0 Å². The molecule has 0 heterocycles. The number of carbonyl (C=O) groups is 1. The number of hydrogen-bond acceptors (Lipinski definition) is 5. The average molecular weight is 289 g/mol. The normalized spacial score (nSPS) is 11.6. The van der Waals surface area contributed by atoms with Gasteiger partial charge in [-0.05, 0) is 29.3 Å². The molecule has 18 heavy (non-hydrogen) atoms. The number of rotatable bonds is 5. The van der Waals surface area contributed by atoms with E-state index in [1.54, 1.807) is 26.0 Å². The van der Waals surface area contributed by atoms with E-state index < -0.39 is 21.9 Å². The minimum atomic E-state index is -3.83. The fourth-order valence-electron chi connectivity index (χ4n) is 1.03. The van der Waals surface area contributed by atoms with Crippen LogP contribution in [0, 0.1) is 5.92 Å². The highest BCUT2D eigenvalue weighted by molar-refractivity contribution is 7.98. The third-order valence-electron chi connectivity index (χ3n) is 2.07. The van der Waals surface area contributed by atoms with Gasteiger partial charge in [0.2, 0.25) is 0 Å². The van der Waals surface area contributed by atoms with Gasteiger partial charge in [0.05, 0.1) is 10.8 Å². The zero-order chi connectivity index (χ0) is 13.8. The van der Waals surface area contributed by atoms with E-state index in [1.165, 1.54) is 23.9 Å². The zero-order valence-electron chi connectivity index (χ0n) is 10.3. The van der Waals surface area contributed by atoms with Gasteiger partial charge in [0.25, 0.3) is 10.0 Å². The lowest BCUT2D eigenvalue weighted by molar-refractivity contribution is -0.150. The molecule has 100 valence electrons. The molecule has 1 aromatic rings. The molecule has 0 aliphatic heterocycles. The second-order valence-corrected chi connectivity index (χ2v) is 6.37. The van der Waals surface area contributed by atoms with Gasteiger partial charge in [-0.3, -0.25) is 4.79 Å². The van der Waals surface area contributed by atoms with Crippen molar-refractivity contribution in [3.63, 3.8) is 0 Å². The van der Waals surface area contributed by atoms with Gasteiger partial charge < -0.3 is 4.84 Å². The number of benzene rings is 1. The quantitative estimate of drug-likeness (QED) is 0.661. The second-order valence-electron chi connectivity index (χ2n) is 3.84. The standard InChI is InChI=1S/C11H15NO4S2/c1-8(2)11(13)16-12-18(14,15)10-6-4-5-9(7-10)17-3/h4-8,12H,1-3H3. The summed E-state index contributed by atoms with van der Waals surface area (Å²) in [5.41, 5.74) is 0. The lowest BCUT2D eigenvalue weighted by Gasteiger charge is -2.09. The van der Waals surface area contributed by atoms with Crippen molar-refractivity contribution in [2.24, 2.45) is 5.92 Å². The summed E-state index contributed by atoms with van der Waals surface area (Å²) in [7, 11) is -3.83. The Morgan fingerprint density at radius 3 is 2.61 bits per heavy atom. The van der Waals surface area contributed by atoms with Gasteiger partial charge in [0.1, 0.15) is 0 Å². The van der Waals surface area contributed by atoms with Crippen LogP contribution in [0.25, 0.3) is 0 Å². The van der Waals surface area contributed by atoms with Gasteiger partial charge in [-0.2, -0.15) is 0 Å². The van der Waals surface area contributed by atoms with Crippen molar-refractivity contribution in [2.45, 2.75) is 23.6 Å². The van der Waals surface area contributed by atoms with E-state index in [4.69, 9.17) is 0 Å². The van der Waals surface area contributed by atoms with Gasteiger partial charge in [0, 0.05) is 4.90 Å². The van der Waals surface area contributed by atoms with Gasteiger partial charge in [-0.15, -0.1) is 11.8 Å². The third-order valence-corrected chi connectivity index (χ3v) is 3.98. The predicted molar refractivity (Wildman–Crippen MR) is 69.5 cm³/mol. The minimum Gasteiger partial charge on any atom is -0.355 e. The van der Waals surface area contributed by atoms with Gasteiger partial charge >= 0.3 is 5.97 Å². The number of nitrogens with one attached hydrogen (secondary N) is 1. The Morgan fingerprint density at radius 1 is 1.39 bits per heavy atom. The van der Waals surface area contributed by atoms with Crippen LogP contribution in [-0.4, -0.2) is 20.6 Å². The Bertz CT molecular complexity index is 526. The van der Waals surface area contributed by atoms with Crippen molar-refractivity contribution in [3.8, 4) is 0 Å². The highest BCUT2D eigenvalue weighted by Crippen LogP contribution is 2.18. The molecule has 1 rings (SSSR count). The maximum Gasteiger partial charge on any atom is 0.328 e. The zero-order valence-corrected chi connectivity index (χ0v) is 12.0. The molecule has 7 heteroatoms. The summed E-state index contributed by atoms with van der Waals surface area (Å²) in [4.78, 5) is 18.4. The molecule has 0 bridgehead atoms. The molecule has 1 N–H and O–H groups in total. The van der Waals surface area contributed by atoms with Gasteiger partial charge in [-0.25, -0.2) is 8.42 Å². The highest BCUT2D eigenvalue weighted by atomic mass is 32.2. The predicted octanol–water partition coefficient (Wildman–Crippen LogP) is 1.80. The van der Waals surface area contributed by atoms with Crippen LogP contribution in [-0.2, 0) is 19.7 Å². The molecule has 0 saturated heterocycles. The molecule has 0 radical (unpaired) electrons. The molecule has 0 amide bonds. The lowest BCUT2D eigenvalue weighted by Crippen LogP contribution is -2.29. The first kappa shape index (κ1) is 15.0. The number of sulfonamides is 1. The summed E-state index contributed by atoms with van der Waals surface area (Å²) in [6.45, 7) is 3.23. The Balaban J connectivity index is 2.83. The van der Waals surface area contributed by atoms with Crippen molar-refractivity contribution >= 4 is 27.8 Å². The van der Waals surface area contributed by atoms with Crippen LogP contribution in [0.3, 0.4) is 0 Å². The fourth-order valence-corrected chi connectivity index (χ4v) is 2.39. The molecule has 0 unspecified atom stereocenters. The van der Waals surface area contributed by atoms with Crippen LogP contribution in [0.1, 0.15) is 13.8 Å². The van der Waals surface area contributed by atoms with Gasteiger partial charge in [-0.1, -0.05) is 19.9 Å². The molecule has 0 saturated carbocycles. The Hall–Kier alpha value is -1.05. The lowest BCUT2D eigenvalue weighted by atomic mass is 10.2. The SMILES string of the molecule is CSc1cccc(S(=O)(=O)NOC(=O)C(C)C)c1. The average Bonchev–Trinajstić information content (AvgIpc) is 2.36. The first-order valence-electron chi connectivity index (χ1n) is 5.23. The topological polar surface area (TPSA) is 72.5 Å². The molecular formula is C11H15NO4S2. The van der Waals surface area contributed by atoms with E-state index >= 15 is 0 Å². The van der Waals surface area contributed by atoms with E-state index in [0.29, 0.717) is 0 Å². The van der Waals surface area contributed by atoms with Crippen LogP contribution in [0.4, 0.5) is 0 Å². The highest BCUT2D eigenvalue weighted by Gasteiger charge is 2.18. The molecule has 5 nitrogen and oxygen atoms in total. The maximum absolute atomic E-state index is 11.8. The molecule has 0 aliphatic rings. The number of hydrogen-bond donors (Lipinski definition) is 1. The maximum atomic E-state index is 11.8. The molecule has 0 atom stereocenters. The monoisotopic (exact) mass is 289 g/mol. The van der Waals surface area contributed by atoms with Crippen LogP contribution >= 0.6 is 11.8 Å². The second kappa shape index (κ2) is 6.21. The molecule has 0 fully saturated rings. The first-order chi connectivity index (χ1) is 8.36. The largest absolute Gasteiger partial charge is 0.355 e. The molecule has 0 spiro atoms. The summed E-state index contributed by atoms with van der Waals surface area (Å²) in [6.07, 6.45) is 1.85. The van der Waals surface area contributed by atoms with E-state index in [1.807, 2.05) is 11.1 Å². The van der Waals surface area contributed by atoms with Crippen LogP contribution in [0.15, 0.2) is 34.1 Å². The molecule has 0 aliphatic carbocycles. The van der Waals surface area contributed by atoms with Crippen molar-refractivity contribution in [1.29, 1.82) is 0 Å². The molecule has 0 aromatic heterocycles. The fraction of sp³-hybridized carbons (Fsp3) is 0.364. The summed E-state index contributed by atoms with van der Waals surface area (Å²) < 4.78 is 23.7. The van der Waals surface area contributed by atoms with E-state index in [0.717, 1.165) is 4.90 Å². The number of carbonyl (C=O) groups excluding carboxylic acids is 1. The summed E-state index contributed by atoms with van der Waals surface area (Å²) in [5, 5.41) is 0. The Labute approximate surface area is 111 Å². The number of thioether (sulfide) groups is 1. The van der Waals surface area contributed by atoms with Gasteiger partial charge in [0.15, 0.2) is 0 Å². The van der Waals surface area contributed by atoms with Crippen molar-refractivity contribution in [2.75, 3.05) is 6.26 Å². The summed E-state index contributed by atoms with van der Waals surface area (Å²) in [5.74, 6) is -1.02. The minimum absolute atomic E-state index is 0.0610. The van der Waals surface area contributed by atoms with E-state index in [-0.39, 0.29) is 4.90 Å². The first-order valence-corrected chi connectivity index (χ1v) is 7.94. The van der Waals surface area contributed by atoms with E-state index in [9.17, 15) is 13.2 Å². The van der Waals surface area contributed by atoms with Crippen LogP contribution < -0.4 is 4.89 Å². The smallest absolute Gasteiger partial charge is 0.328 e. The summed E-state index contributed by atoms with van der Waals surface area (Å²) >= 11 is 1.43. The third kappa shape index (κ3) is 4.01. The molecule has 1 aromatic carbocycles.